The van der Waals surface area contributed by atoms with Gasteiger partial charge in [0.05, 0.1) is 11.4 Å². The van der Waals surface area contributed by atoms with Gasteiger partial charge in [0.25, 0.3) is 5.91 Å². The minimum atomic E-state index is -0.0856. The molecule has 1 aliphatic carbocycles. The molecule has 26 heavy (non-hydrogen) atoms. The van der Waals surface area contributed by atoms with Gasteiger partial charge >= 0.3 is 0 Å². The SMILES string of the molecule is O=C1NCCCCCN(C(=O)c2ccc3ccccc3n2)[C@H]2CCC[C@@H]12. The summed E-state index contributed by atoms with van der Waals surface area (Å²) in [6.45, 7) is 1.46. The summed E-state index contributed by atoms with van der Waals surface area (Å²) in [6, 6.07) is 11.6. The summed E-state index contributed by atoms with van der Waals surface area (Å²) in [5.74, 6) is -0.0165. The van der Waals surface area contributed by atoms with Gasteiger partial charge in [-0.15, -0.1) is 0 Å². The molecule has 2 aliphatic rings. The van der Waals surface area contributed by atoms with Crippen molar-refractivity contribution in [1.29, 1.82) is 0 Å². The zero-order valence-corrected chi connectivity index (χ0v) is 15.0. The topological polar surface area (TPSA) is 62.3 Å². The number of amides is 2. The number of carbonyl (C=O) groups is 2. The first kappa shape index (κ1) is 17.0. The van der Waals surface area contributed by atoms with E-state index in [1.54, 1.807) is 0 Å². The number of rotatable bonds is 1. The third kappa shape index (κ3) is 3.30. The molecule has 0 bridgehead atoms. The van der Waals surface area contributed by atoms with Crippen LogP contribution in [0.2, 0.25) is 0 Å². The minimum Gasteiger partial charge on any atom is -0.356 e. The van der Waals surface area contributed by atoms with E-state index in [-0.39, 0.29) is 23.8 Å². The van der Waals surface area contributed by atoms with E-state index >= 15 is 0 Å². The molecule has 2 amide bonds. The first-order valence-corrected chi connectivity index (χ1v) is 9.68. The Hall–Kier alpha value is -2.43. The van der Waals surface area contributed by atoms with Gasteiger partial charge in [-0.1, -0.05) is 30.7 Å². The highest BCUT2D eigenvalue weighted by Gasteiger charge is 2.39. The highest BCUT2D eigenvalue weighted by molar-refractivity contribution is 5.95. The summed E-state index contributed by atoms with van der Waals surface area (Å²) < 4.78 is 0. The van der Waals surface area contributed by atoms with Gasteiger partial charge in [-0.25, -0.2) is 4.98 Å². The van der Waals surface area contributed by atoms with E-state index in [4.69, 9.17) is 0 Å². The number of nitrogens with one attached hydrogen (secondary N) is 1. The lowest BCUT2D eigenvalue weighted by Crippen LogP contribution is -2.48. The summed E-state index contributed by atoms with van der Waals surface area (Å²) in [6.07, 6.45) is 5.73. The molecule has 0 radical (unpaired) electrons. The van der Waals surface area contributed by atoms with Crippen molar-refractivity contribution in [2.24, 2.45) is 5.92 Å². The molecule has 2 aromatic rings. The number of nitrogens with zero attached hydrogens (tertiary/aromatic N) is 2. The van der Waals surface area contributed by atoms with E-state index in [0.717, 1.165) is 56.0 Å². The predicted octanol–water partition coefficient (Wildman–Crippen LogP) is 3.15. The Morgan fingerprint density at radius 3 is 2.85 bits per heavy atom. The van der Waals surface area contributed by atoms with Crippen LogP contribution in [0.5, 0.6) is 0 Å². The summed E-state index contributed by atoms with van der Waals surface area (Å²) in [5, 5.41) is 4.09. The van der Waals surface area contributed by atoms with E-state index in [1.165, 1.54) is 0 Å². The highest BCUT2D eigenvalue weighted by atomic mass is 16.2. The monoisotopic (exact) mass is 351 g/mol. The Morgan fingerprint density at radius 1 is 1.04 bits per heavy atom. The molecular formula is C21H25N3O2. The fourth-order valence-electron chi connectivity index (χ4n) is 4.30. The third-order valence-corrected chi connectivity index (χ3v) is 5.67. The van der Waals surface area contributed by atoms with Crippen LogP contribution < -0.4 is 5.32 Å². The minimum absolute atomic E-state index is 0.00568. The van der Waals surface area contributed by atoms with Gasteiger partial charge < -0.3 is 10.2 Å². The molecule has 2 fully saturated rings. The van der Waals surface area contributed by atoms with Crippen molar-refractivity contribution in [1.82, 2.24) is 15.2 Å². The molecule has 1 aromatic heterocycles. The maximum absolute atomic E-state index is 13.3. The number of fused-ring (bicyclic) bond motifs is 2. The number of hydrogen-bond acceptors (Lipinski definition) is 3. The largest absolute Gasteiger partial charge is 0.356 e. The van der Waals surface area contributed by atoms with Crippen molar-refractivity contribution < 1.29 is 9.59 Å². The van der Waals surface area contributed by atoms with Crippen LogP contribution in [0.15, 0.2) is 36.4 Å². The van der Waals surface area contributed by atoms with Crippen LogP contribution in [-0.2, 0) is 4.79 Å². The van der Waals surface area contributed by atoms with Crippen LogP contribution in [-0.4, -0.2) is 40.8 Å². The van der Waals surface area contributed by atoms with Crippen LogP contribution in [0.4, 0.5) is 0 Å². The molecule has 0 unspecified atom stereocenters. The summed E-state index contributed by atoms with van der Waals surface area (Å²) >= 11 is 0. The Bertz CT molecular complexity index is 820. The predicted molar refractivity (Wildman–Crippen MR) is 101 cm³/mol. The molecular weight excluding hydrogens is 326 g/mol. The number of aromatic nitrogens is 1. The molecule has 0 spiro atoms. The molecule has 2 heterocycles. The molecule has 2 atom stereocenters. The maximum Gasteiger partial charge on any atom is 0.272 e. The van der Waals surface area contributed by atoms with Gasteiger partial charge in [-0.05, 0) is 44.2 Å². The van der Waals surface area contributed by atoms with Crippen LogP contribution in [0.3, 0.4) is 0 Å². The lowest BCUT2D eigenvalue weighted by molar-refractivity contribution is -0.126. The molecule has 1 aliphatic heterocycles. The van der Waals surface area contributed by atoms with Crippen LogP contribution in [0.1, 0.15) is 49.0 Å². The molecule has 1 saturated heterocycles. The number of benzene rings is 1. The van der Waals surface area contributed by atoms with Crippen molar-refractivity contribution in [3.8, 4) is 0 Å². The molecule has 136 valence electrons. The normalized spacial score (nSPS) is 24.2. The highest BCUT2D eigenvalue weighted by Crippen LogP contribution is 2.32. The number of pyridine rings is 1. The summed E-state index contributed by atoms with van der Waals surface area (Å²) in [7, 11) is 0. The zero-order chi connectivity index (χ0) is 17.9. The molecule has 1 saturated carbocycles. The van der Waals surface area contributed by atoms with Gasteiger partial charge in [0, 0.05) is 24.5 Å². The molecule has 5 heteroatoms. The van der Waals surface area contributed by atoms with Crippen molar-refractivity contribution in [2.75, 3.05) is 13.1 Å². The first-order chi connectivity index (χ1) is 12.7. The Labute approximate surface area is 153 Å². The van der Waals surface area contributed by atoms with Crippen molar-refractivity contribution >= 4 is 22.7 Å². The fourth-order valence-corrected chi connectivity index (χ4v) is 4.30. The van der Waals surface area contributed by atoms with Gasteiger partial charge in [0.2, 0.25) is 5.91 Å². The smallest absolute Gasteiger partial charge is 0.272 e. The van der Waals surface area contributed by atoms with E-state index in [2.05, 4.69) is 10.3 Å². The fraction of sp³-hybridized carbons (Fsp3) is 0.476. The average Bonchev–Trinajstić information content (AvgIpc) is 3.16. The summed E-state index contributed by atoms with van der Waals surface area (Å²) in [4.78, 5) is 32.3. The van der Waals surface area contributed by atoms with Crippen molar-refractivity contribution in [3.05, 3.63) is 42.1 Å². The van der Waals surface area contributed by atoms with Gasteiger partial charge in [0.1, 0.15) is 5.69 Å². The van der Waals surface area contributed by atoms with Gasteiger partial charge in [-0.3, -0.25) is 9.59 Å². The second-order valence-corrected chi connectivity index (χ2v) is 7.34. The molecule has 4 rings (SSSR count). The van der Waals surface area contributed by atoms with Gasteiger partial charge in [0.15, 0.2) is 0 Å². The molecule has 1 N–H and O–H groups in total. The standard InChI is InChI=1S/C21H25N3O2/c25-20-16-8-6-10-19(16)24(14-5-1-4-13-22-20)21(26)18-12-11-15-7-2-3-9-17(15)23-18/h2-3,7,9,11-12,16,19H,1,4-6,8,10,13-14H2,(H,22,25)/t16-,19+/m1/s1. The maximum atomic E-state index is 13.3. The van der Waals surface area contributed by atoms with E-state index < -0.39 is 0 Å². The Kier molecular flexibility index (Phi) is 4.87. The van der Waals surface area contributed by atoms with E-state index in [9.17, 15) is 9.59 Å². The Balaban J connectivity index is 1.64. The van der Waals surface area contributed by atoms with Gasteiger partial charge in [-0.2, -0.15) is 0 Å². The van der Waals surface area contributed by atoms with Crippen molar-refractivity contribution in [2.45, 2.75) is 44.6 Å². The zero-order valence-electron chi connectivity index (χ0n) is 15.0. The Morgan fingerprint density at radius 2 is 1.92 bits per heavy atom. The number of para-hydroxylation sites is 1. The summed E-state index contributed by atoms with van der Waals surface area (Å²) in [5.41, 5.74) is 1.31. The molecule has 5 nitrogen and oxygen atoms in total. The lowest BCUT2D eigenvalue weighted by atomic mass is 9.99. The number of hydrogen-bond donors (Lipinski definition) is 1. The molecule has 1 aromatic carbocycles. The van der Waals surface area contributed by atoms with Crippen LogP contribution >= 0.6 is 0 Å². The first-order valence-electron chi connectivity index (χ1n) is 9.68. The second kappa shape index (κ2) is 7.44. The van der Waals surface area contributed by atoms with Crippen LogP contribution in [0, 0.1) is 5.92 Å². The van der Waals surface area contributed by atoms with Crippen molar-refractivity contribution in [3.63, 3.8) is 0 Å². The van der Waals surface area contributed by atoms with E-state index in [0.29, 0.717) is 12.2 Å². The number of carbonyl (C=O) groups excluding carboxylic acids is 2. The lowest BCUT2D eigenvalue weighted by Gasteiger charge is -2.33. The average molecular weight is 351 g/mol. The van der Waals surface area contributed by atoms with Crippen LogP contribution in [0.25, 0.3) is 10.9 Å². The van der Waals surface area contributed by atoms with E-state index in [1.807, 2.05) is 41.3 Å². The second-order valence-electron chi connectivity index (χ2n) is 7.34. The third-order valence-electron chi connectivity index (χ3n) is 5.67. The quantitative estimate of drug-likeness (QED) is 0.858.